The lowest BCUT2D eigenvalue weighted by Crippen LogP contribution is -2.22. The number of ether oxygens (including phenoxy) is 1. The van der Waals surface area contributed by atoms with Gasteiger partial charge < -0.3 is 9.84 Å². The third-order valence-corrected chi connectivity index (χ3v) is 3.14. The van der Waals surface area contributed by atoms with E-state index >= 15 is 0 Å². The molecule has 0 amide bonds. The van der Waals surface area contributed by atoms with E-state index in [1.807, 2.05) is 13.8 Å². The molecule has 2 aromatic carbocycles. The van der Waals surface area contributed by atoms with E-state index in [2.05, 4.69) is 0 Å². The van der Waals surface area contributed by atoms with Crippen molar-refractivity contribution in [1.29, 1.82) is 0 Å². The van der Waals surface area contributed by atoms with Crippen molar-refractivity contribution in [1.82, 2.24) is 0 Å². The summed E-state index contributed by atoms with van der Waals surface area (Å²) in [6, 6.07) is 13.0. The number of ketones is 1. The van der Waals surface area contributed by atoms with Gasteiger partial charge in [-0.05, 0) is 55.5 Å². The standard InChI is InChI=1S/C16H13ClO4.C2H6/c1-10(16(19)20)21-14-8-4-12(5-9-14)15(18)11-2-6-13(17)7-3-11;1-2/h2-10H,1H3,(H,19,20);1-2H3. The van der Waals surface area contributed by atoms with Gasteiger partial charge in [-0.2, -0.15) is 0 Å². The maximum absolute atomic E-state index is 12.2. The van der Waals surface area contributed by atoms with E-state index in [0.717, 1.165) is 0 Å². The van der Waals surface area contributed by atoms with Gasteiger partial charge in [-0.3, -0.25) is 4.79 Å². The zero-order chi connectivity index (χ0) is 17.4. The lowest BCUT2D eigenvalue weighted by atomic mass is 10.0. The molecule has 0 saturated carbocycles. The fourth-order valence-electron chi connectivity index (χ4n) is 1.71. The second-order valence-electron chi connectivity index (χ2n) is 4.46. The quantitative estimate of drug-likeness (QED) is 0.820. The second-order valence-corrected chi connectivity index (χ2v) is 4.90. The molecule has 5 heteroatoms. The molecular formula is C18H19ClO4. The molecule has 1 atom stereocenters. The Morgan fingerprint density at radius 3 is 1.83 bits per heavy atom. The van der Waals surface area contributed by atoms with Gasteiger partial charge in [0.2, 0.25) is 0 Å². The van der Waals surface area contributed by atoms with E-state index in [-0.39, 0.29) is 5.78 Å². The molecule has 0 aromatic heterocycles. The van der Waals surface area contributed by atoms with Crippen LogP contribution in [0.15, 0.2) is 48.5 Å². The minimum absolute atomic E-state index is 0.135. The zero-order valence-corrected chi connectivity index (χ0v) is 14.0. The number of carboxylic acid groups (broad SMARTS) is 1. The minimum atomic E-state index is -1.05. The topological polar surface area (TPSA) is 63.6 Å². The van der Waals surface area contributed by atoms with Crippen molar-refractivity contribution in [3.63, 3.8) is 0 Å². The van der Waals surface area contributed by atoms with Crippen molar-refractivity contribution in [2.45, 2.75) is 26.9 Å². The zero-order valence-electron chi connectivity index (χ0n) is 13.2. The number of halogens is 1. The molecular weight excluding hydrogens is 316 g/mol. The Balaban J connectivity index is 0.00000127. The van der Waals surface area contributed by atoms with Crippen LogP contribution < -0.4 is 4.74 Å². The lowest BCUT2D eigenvalue weighted by Gasteiger charge is -2.10. The minimum Gasteiger partial charge on any atom is -0.479 e. The molecule has 0 aliphatic rings. The summed E-state index contributed by atoms with van der Waals surface area (Å²) in [5, 5.41) is 9.33. The highest BCUT2D eigenvalue weighted by atomic mass is 35.5. The smallest absolute Gasteiger partial charge is 0.344 e. The summed E-state index contributed by atoms with van der Waals surface area (Å²) in [4.78, 5) is 22.9. The first-order chi connectivity index (χ1) is 11.0. The number of rotatable bonds is 5. The molecule has 4 nitrogen and oxygen atoms in total. The predicted octanol–water partition coefficient (Wildman–Crippen LogP) is 4.45. The van der Waals surface area contributed by atoms with Gasteiger partial charge in [0.25, 0.3) is 0 Å². The van der Waals surface area contributed by atoms with Crippen LogP contribution in [0, 0.1) is 0 Å². The number of carbonyl (C=O) groups excluding carboxylic acids is 1. The van der Waals surface area contributed by atoms with Crippen LogP contribution in [0.2, 0.25) is 5.02 Å². The maximum atomic E-state index is 12.2. The summed E-state index contributed by atoms with van der Waals surface area (Å²) in [7, 11) is 0. The summed E-state index contributed by atoms with van der Waals surface area (Å²) >= 11 is 5.78. The molecule has 0 spiro atoms. The number of aliphatic carboxylic acids is 1. The Bertz CT molecular complexity index is 648. The lowest BCUT2D eigenvalue weighted by molar-refractivity contribution is -0.144. The van der Waals surface area contributed by atoms with Crippen LogP contribution in [0.25, 0.3) is 0 Å². The van der Waals surface area contributed by atoms with E-state index in [9.17, 15) is 9.59 Å². The number of benzene rings is 2. The first-order valence-electron chi connectivity index (χ1n) is 7.27. The SMILES string of the molecule is CC.CC(Oc1ccc(C(=O)c2ccc(Cl)cc2)cc1)C(=O)O. The number of hydrogen-bond donors (Lipinski definition) is 1. The molecule has 0 bridgehead atoms. The van der Waals surface area contributed by atoms with Crippen molar-refractivity contribution in [2.24, 2.45) is 0 Å². The van der Waals surface area contributed by atoms with Gasteiger partial charge in [-0.25, -0.2) is 4.79 Å². The van der Waals surface area contributed by atoms with Crippen molar-refractivity contribution in [3.8, 4) is 5.75 Å². The number of carbonyl (C=O) groups is 2. The van der Waals surface area contributed by atoms with Crippen molar-refractivity contribution in [3.05, 3.63) is 64.7 Å². The van der Waals surface area contributed by atoms with Crippen molar-refractivity contribution >= 4 is 23.4 Å². The van der Waals surface area contributed by atoms with Crippen LogP contribution in [-0.2, 0) is 4.79 Å². The Kier molecular flexibility index (Phi) is 7.29. The van der Waals surface area contributed by atoms with E-state index in [1.54, 1.807) is 48.5 Å². The fraction of sp³-hybridized carbons (Fsp3) is 0.222. The van der Waals surface area contributed by atoms with Gasteiger partial charge in [-0.1, -0.05) is 25.4 Å². The molecule has 0 heterocycles. The fourth-order valence-corrected chi connectivity index (χ4v) is 1.83. The summed E-state index contributed by atoms with van der Waals surface area (Å²) in [6.45, 7) is 5.44. The third kappa shape index (κ3) is 5.42. The molecule has 0 radical (unpaired) electrons. The van der Waals surface area contributed by atoms with E-state index in [4.69, 9.17) is 21.4 Å². The molecule has 1 unspecified atom stereocenters. The highest BCUT2D eigenvalue weighted by Crippen LogP contribution is 2.18. The molecule has 122 valence electrons. The van der Waals surface area contributed by atoms with Gasteiger partial charge in [0.15, 0.2) is 11.9 Å². The van der Waals surface area contributed by atoms with Gasteiger partial charge in [0, 0.05) is 16.1 Å². The normalized spacial score (nSPS) is 11.0. The van der Waals surface area contributed by atoms with Crippen LogP contribution in [-0.4, -0.2) is 23.0 Å². The summed E-state index contributed by atoms with van der Waals surface area (Å²) < 4.78 is 5.20. The van der Waals surface area contributed by atoms with Crippen LogP contribution in [0.1, 0.15) is 36.7 Å². The Morgan fingerprint density at radius 1 is 0.957 bits per heavy atom. The predicted molar refractivity (Wildman–Crippen MR) is 90.4 cm³/mol. The number of hydrogen-bond acceptors (Lipinski definition) is 3. The molecule has 23 heavy (non-hydrogen) atoms. The highest BCUT2D eigenvalue weighted by molar-refractivity contribution is 6.30. The largest absolute Gasteiger partial charge is 0.479 e. The molecule has 0 saturated heterocycles. The molecule has 2 aromatic rings. The van der Waals surface area contributed by atoms with Gasteiger partial charge >= 0.3 is 5.97 Å². The average molecular weight is 335 g/mol. The molecule has 1 N–H and O–H groups in total. The molecule has 0 aliphatic heterocycles. The Labute approximate surface area is 140 Å². The van der Waals surface area contributed by atoms with Crippen molar-refractivity contribution in [2.75, 3.05) is 0 Å². The monoisotopic (exact) mass is 334 g/mol. The van der Waals surface area contributed by atoms with Crippen LogP contribution >= 0.6 is 11.6 Å². The van der Waals surface area contributed by atoms with Gasteiger partial charge in [-0.15, -0.1) is 0 Å². The van der Waals surface area contributed by atoms with E-state index in [0.29, 0.717) is 21.9 Å². The first kappa shape index (κ1) is 18.7. The van der Waals surface area contributed by atoms with Crippen LogP contribution in [0.4, 0.5) is 0 Å². The average Bonchev–Trinajstić information content (AvgIpc) is 2.57. The summed E-state index contributed by atoms with van der Waals surface area (Å²) in [5.41, 5.74) is 1.03. The van der Waals surface area contributed by atoms with Crippen LogP contribution in [0.3, 0.4) is 0 Å². The van der Waals surface area contributed by atoms with E-state index < -0.39 is 12.1 Å². The summed E-state index contributed by atoms with van der Waals surface area (Å²) in [6.07, 6.45) is -0.942. The third-order valence-electron chi connectivity index (χ3n) is 2.88. The maximum Gasteiger partial charge on any atom is 0.344 e. The molecule has 0 fully saturated rings. The highest BCUT2D eigenvalue weighted by Gasteiger charge is 2.13. The second kappa shape index (κ2) is 8.96. The van der Waals surface area contributed by atoms with Gasteiger partial charge in [0.1, 0.15) is 5.75 Å². The Hall–Kier alpha value is -2.33. The van der Waals surface area contributed by atoms with Gasteiger partial charge in [0.05, 0.1) is 0 Å². The number of carboxylic acids is 1. The first-order valence-corrected chi connectivity index (χ1v) is 7.65. The van der Waals surface area contributed by atoms with E-state index in [1.165, 1.54) is 6.92 Å². The van der Waals surface area contributed by atoms with Crippen molar-refractivity contribution < 1.29 is 19.4 Å². The van der Waals surface area contributed by atoms with Crippen LogP contribution in [0.5, 0.6) is 5.75 Å². The molecule has 2 rings (SSSR count). The summed E-state index contributed by atoms with van der Waals surface area (Å²) in [5.74, 6) is -0.779. The Morgan fingerprint density at radius 2 is 1.39 bits per heavy atom. The molecule has 0 aliphatic carbocycles.